The van der Waals surface area contributed by atoms with E-state index < -0.39 is 0 Å². The van der Waals surface area contributed by atoms with Crippen LogP contribution in [0.2, 0.25) is 10.0 Å². The number of aromatic nitrogens is 4. The highest BCUT2D eigenvalue weighted by Crippen LogP contribution is 2.42. The average molecular weight is 553 g/mol. The molecule has 10 heteroatoms. The Morgan fingerprint density at radius 2 is 1.84 bits per heavy atom. The topological polar surface area (TPSA) is 77.3 Å². The van der Waals surface area contributed by atoms with Gasteiger partial charge < -0.3 is 19.4 Å². The van der Waals surface area contributed by atoms with Crippen LogP contribution in [-0.2, 0) is 6.54 Å². The molecule has 2 fully saturated rings. The molecule has 4 aromatic rings. The van der Waals surface area contributed by atoms with Crippen LogP contribution in [0.15, 0.2) is 48.8 Å². The second-order valence-corrected chi connectivity index (χ2v) is 10.9. The van der Waals surface area contributed by atoms with E-state index in [1.165, 1.54) is 0 Å². The lowest BCUT2D eigenvalue weighted by Crippen LogP contribution is -2.44. The first-order valence-corrected chi connectivity index (χ1v) is 13.7. The Morgan fingerprint density at radius 1 is 1.03 bits per heavy atom. The van der Waals surface area contributed by atoms with Gasteiger partial charge in [-0.15, -0.1) is 0 Å². The van der Waals surface area contributed by atoms with Crippen molar-refractivity contribution in [2.75, 3.05) is 39.3 Å². The summed E-state index contributed by atoms with van der Waals surface area (Å²) in [6.45, 7) is 8.17. The van der Waals surface area contributed by atoms with E-state index in [1.807, 2.05) is 34.9 Å². The van der Waals surface area contributed by atoms with Gasteiger partial charge in [-0.05, 0) is 50.1 Å². The van der Waals surface area contributed by atoms with E-state index >= 15 is 0 Å². The number of piperazine rings is 1. The van der Waals surface area contributed by atoms with Gasteiger partial charge in [0.05, 0.1) is 17.3 Å². The normalized spacial score (nSPS) is 17.0. The zero-order valence-electron chi connectivity index (χ0n) is 21.3. The van der Waals surface area contributed by atoms with Crippen LogP contribution in [0.4, 0.5) is 0 Å². The molecule has 0 bridgehead atoms. The van der Waals surface area contributed by atoms with Gasteiger partial charge in [0.25, 0.3) is 0 Å². The first-order chi connectivity index (χ1) is 18.5. The molecule has 1 saturated heterocycles. The first kappa shape index (κ1) is 25.4. The molecule has 0 spiro atoms. The maximum Gasteiger partial charge on any atom is 0.164 e. The molecule has 0 radical (unpaired) electrons. The summed E-state index contributed by atoms with van der Waals surface area (Å²) in [7, 11) is 0. The second kappa shape index (κ2) is 10.7. The van der Waals surface area contributed by atoms with Gasteiger partial charge in [0.15, 0.2) is 16.9 Å². The number of nitrogens with zero attached hydrogens (tertiary/aromatic N) is 5. The number of ether oxygens (including phenoxy) is 2. The van der Waals surface area contributed by atoms with E-state index in [9.17, 15) is 0 Å². The monoisotopic (exact) mass is 552 g/mol. The van der Waals surface area contributed by atoms with E-state index in [0.717, 1.165) is 68.3 Å². The Labute approximate surface area is 231 Å². The Bertz CT molecular complexity index is 1450. The first-order valence-electron chi connectivity index (χ1n) is 13.0. The predicted octanol–water partition coefficient (Wildman–Crippen LogP) is 5.06. The molecule has 0 amide bonds. The van der Waals surface area contributed by atoms with E-state index in [1.54, 1.807) is 18.5 Å². The summed E-state index contributed by atoms with van der Waals surface area (Å²) in [6, 6.07) is 11.2. The van der Waals surface area contributed by atoms with Crippen molar-refractivity contribution in [3.05, 3.63) is 64.5 Å². The van der Waals surface area contributed by atoms with Crippen LogP contribution in [0.3, 0.4) is 0 Å². The summed E-state index contributed by atoms with van der Waals surface area (Å²) in [5.74, 6) is 2.14. The van der Waals surface area contributed by atoms with Gasteiger partial charge in [0, 0.05) is 61.8 Å². The van der Waals surface area contributed by atoms with Crippen LogP contribution in [-0.4, -0.2) is 69.4 Å². The largest absolute Gasteiger partial charge is 0.492 e. The van der Waals surface area contributed by atoms with Crippen LogP contribution < -0.4 is 14.8 Å². The standard InChI is InChI=1S/C28H30Cl2N6O2/c1-28(6-7-28)38-24-5-9-33-27-25(24)34-26(36(27)18-20-16-19(29)4-8-32-20)22-3-2-21(17-23(22)30)37-15-14-35-12-10-31-11-13-35/h2-5,8-9,16-17,31H,6-7,10-15,18H2,1H3. The van der Waals surface area contributed by atoms with E-state index in [0.29, 0.717) is 40.2 Å². The van der Waals surface area contributed by atoms with Crippen molar-refractivity contribution in [3.63, 3.8) is 0 Å². The summed E-state index contributed by atoms with van der Waals surface area (Å²) in [5.41, 5.74) is 2.84. The fraction of sp³-hybridized carbons (Fsp3) is 0.393. The van der Waals surface area contributed by atoms with E-state index in [-0.39, 0.29) is 5.60 Å². The molecule has 1 aromatic carbocycles. The van der Waals surface area contributed by atoms with Crippen molar-refractivity contribution in [2.45, 2.75) is 31.9 Å². The molecule has 0 unspecified atom stereocenters. The third-order valence-electron chi connectivity index (χ3n) is 7.07. The lowest BCUT2D eigenvalue weighted by Gasteiger charge is -2.26. The van der Waals surface area contributed by atoms with Gasteiger partial charge in [-0.2, -0.15) is 0 Å². The smallest absolute Gasteiger partial charge is 0.164 e. The molecule has 3 aromatic heterocycles. The fourth-order valence-corrected chi connectivity index (χ4v) is 5.11. The molecule has 0 atom stereocenters. The third-order valence-corrected chi connectivity index (χ3v) is 7.62. The van der Waals surface area contributed by atoms with Crippen molar-refractivity contribution < 1.29 is 9.47 Å². The highest BCUT2D eigenvalue weighted by molar-refractivity contribution is 6.33. The number of benzene rings is 1. The summed E-state index contributed by atoms with van der Waals surface area (Å²) >= 11 is 13.1. The van der Waals surface area contributed by atoms with Gasteiger partial charge in [-0.3, -0.25) is 9.88 Å². The van der Waals surface area contributed by atoms with Gasteiger partial charge in [0.1, 0.15) is 23.8 Å². The van der Waals surface area contributed by atoms with Gasteiger partial charge in [-0.1, -0.05) is 23.2 Å². The SMILES string of the molecule is CC1(Oc2ccnc3c2nc(-c2ccc(OCCN4CCNCC4)cc2Cl)n3Cc2cc(Cl)ccn2)CC1. The van der Waals surface area contributed by atoms with Crippen LogP contribution in [0.1, 0.15) is 25.5 Å². The quantitative estimate of drug-likeness (QED) is 0.310. The van der Waals surface area contributed by atoms with Gasteiger partial charge in [-0.25, -0.2) is 9.97 Å². The molecule has 4 heterocycles. The summed E-state index contributed by atoms with van der Waals surface area (Å²) in [4.78, 5) is 16.6. The highest BCUT2D eigenvalue weighted by atomic mass is 35.5. The molecule has 6 rings (SSSR count). The molecule has 1 aliphatic carbocycles. The lowest BCUT2D eigenvalue weighted by molar-refractivity contribution is 0.191. The zero-order chi connectivity index (χ0) is 26.1. The number of fused-ring (bicyclic) bond motifs is 1. The number of hydrogen-bond acceptors (Lipinski definition) is 7. The lowest BCUT2D eigenvalue weighted by atomic mass is 10.2. The molecule has 2 aliphatic rings. The number of imidazole rings is 1. The van der Waals surface area contributed by atoms with Gasteiger partial charge >= 0.3 is 0 Å². The van der Waals surface area contributed by atoms with Crippen LogP contribution in [0.25, 0.3) is 22.6 Å². The minimum atomic E-state index is -0.145. The fourth-order valence-electron chi connectivity index (χ4n) is 4.67. The molecule has 1 aliphatic heterocycles. The average Bonchev–Trinajstić information content (AvgIpc) is 3.53. The van der Waals surface area contributed by atoms with Gasteiger partial charge in [0.2, 0.25) is 0 Å². The van der Waals surface area contributed by atoms with Crippen LogP contribution >= 0.6 is 23.2 Å². The molecular formula is C28H30Cl2N6O2. The molecule has 198 valence electrons. The minimum Gasteiger partial charge on any atom is -0.492 e. The minimum absolute atomic E-state index is 0.145. The Kier molecular flexibility index (Phi) is 7.14. The number of hydrogen-bond donors (Lipinski definition) is 1. The Balaban J connectivity index is 1.32. The van der Waals surface area contributed by atoms with Crippen molar-refractivity contribution in [2.24, 2.45) is 0 Å². The zero-order valence-corrected chi connectivity index (χ0v) is 22.8. The maximum absolute atomic E-state index is 6.84. The Hall–Kier alpha value is -2.91. The number of pyridine rings is 2. The number of halogens is 2. The molecular weight excluding hydrogens is 523 g/mol. The van der Waals surface area contributed by atoms with Crippen molar-refractivity contribution in [1.29, 1.82) is 0 Å². The van der Waals surface area contributed by atoms with E-state index in [4.69, 9.17) is 37.7 Å². The molecule has 1 N–H and O–H groups in total. The molecule has 1 saturated carbocycles. The Morgan fingerprint density at radius 3 is 2.61 bits per heavy atom. The van der Waals surface area contributed by atoms with Crippen LogP contribution in [0.5, 0.6) is 11.5 Å². The highest BCUT2D eigenvalue weighted by Gasteiger charge is 2.40. The third kappa shape index (κ3) is 5.59. The van der Waals surface area contributed by atoms with Crippen molar-refractivity contribution >= 4 is 34.4 Å². The number of rotatable bonds is 9. The molecule has 38 heavy (non-hydrogen) atoms. The summed E-state index contributed by atoms with van der Waals surface area (Å²) in [5, 5.41) is 4.55. The molecule has 8 nitrogen and oxygen atoms in total. The van der Waals surface area contributed by atoms with Crippen molar-refractivity contribution in [1.82, 2.24) is 29.7 Å². The summed E-state index contributed by atoms with van der Waals surface area (Å²) in [6.07, 6.45) is 5.51. The van der Waals surface area contributed by atoms with E-state index in [2.05, 4.69) is 27.1 Å². The predicted molar refractivity (Wildman–Crippen MR) is 149 cm³/mol. The second-order valence-electron chi connectivity index (χ2n) is 10.1. The van der Waals surface area contributed by atoms with Crippen molar-refractivity contribution in [3.8, 4) is 22.9 Å². The summed E-state index contributed by atoms with van der Waals surface area (Å²) < 4.78 is 14.4. The number of nitrogens with one attached hydrogen (secondary N) is 1. The van der Waals surface area contributed by atoms with Crippen LogP contribution in [0, 0.1) is 0 Å². The maximum atomic E-state index is 6.84.